The van der Waals surface area contributed by atoms with Gasteiger partial charge in [-0.1, -0.05) is 63.3 Å². The van der Waals surface area contributed by atoms with Crippen LogP contribution >= 0.6 is 0 Å². The fraction of sp³-hybridized carbons (Fsp3) is 0.370. The van der Waals surface area contributed by atoms with E-state index in [0.29, 0.717) is 5.56 Å². The normalized spacial score (nSPS) is 24.8. The van der Waals surface area contributed by atoms with Gasteiger partial charge in [0, 0.05) is 29.2 Å². The smallest absolute Gasteiger partial charge is 0.329 e. The molecule has 4 rings (SSSR count). The maximum atomic E-state index is 14.0. The van der Waals surface area contributed by atoms with E-state index in [1.54, 1.807) is 33.8 Å². The van der Waals surface area contributed by atoms with Crippen molar-refractivity contribution in [2.45, 2.75) is 45.7 Å². The van der Waals surface area contributed by atoms with Crippen LogP contribution in [0.15, 0.2) is 54.6 Å². The first-order valence-electron chi connectivity index (χ1n) is 11.5. The van der Waals surface area contributed by atoms with Crippen LogP contribution in [0.3, 0.4) is 0 Å². The molecule has 0 saturated carbocycles. The van der Waals surface area contributed by atoms with E-state index in [1.807, 2.05) is 35.2 Å². The molecular formula is C27H27N3O5. The van der Waals surface area contributed by atoms with Crippen molar-refractivity contribution < 1.29 is 19.2 Å². The lowest BCUT2D eigenvalue weighted by Crippen LogP contribution is -2.48. The molecule has 1 saturated heterocycles. The van der Waals surface area contributed by atoms with Crippen LogP contribution in [-0.2, 0) is 14.3 Å². The molecule has 0 amide bonds. The van der Waals surface area contributed by atoms with Gasteiger partial charge in [0.2, 0.25) is 0 Å². The summed E-state index contributed by atoms with van der Waals surface area (Å²) in [4.78, 5) is 40.3. The largest absolute Gasteiger partial charge is 0.465 e. The molecule has 0 aromatic heterocycles. The van der Waals surface area contributed by atoms with Gasteiger partial charge in [-0.3, -0.25) is 19.7 Å². The molecule has 4 atom stereocenters. The first-order chi connectivity index (χ1) is 16.6. The zero-order valence-corrected chi connectivity index (χ0v) is 20.1. The third-order valence-electron chi connectivity index (χ3n) is 6.81. The SMILES string of the molecule is CCOC(=O)[C@]1(C#N)[C@H](c2ccc([N+](=O)[O-])cc2)[C@H](C(=O)C(C)(C)C)N2c3ccccc3C=C[C@@H]21. The third kappa shape index (κ3) is 3.68. The van der Waals surface area contributed by atoms with Crippen LogP contribution in [0, 0.1) is 32.3 Å². The highest BCUT2D eigenvalue weighted by molar-refractivity contribution is 5.99. The number of Topliss-reactive ketones (excluding diaryl/α,β-unsaturated/α-hetero) is 1. The predicted octanol–water partition coefficient (Wildman–Crippen LogP) is 4.65. The molecule has 8 nitrogen and oxygen atoms in total. The Bertz CT molecular complexity index is 1250. The standard InChI is InChI=1S/C27H27N3O5/c1-5-35-25(32)27(16-28)21-15-12-17-8-6-7-9-20(17)29(21)23(24(31)26(2,3)4)22(27)18-10-13-19(14-11-18)30(33)34/h6-15,21-23H,5H2,1-4H3/t21-,22-,23-,27+/m1/s1. The number of nitro benzene ring substituents is 1. The van der Waals surface area contributed by atoms with Gasteiger partial charge in [-0.15, -0.1) is 0 Å². The molecule has 2 aromatic carbocycles. The molecule has 0 unspecified atom stereocenters. The van der Waals surface area contributed by atoms with E-state index in [4.69, 9.17) is 4.74 Å². The number of ketones is 1. The Morgan fingerprint density at radius 1 is 1.17 bits per heavy atom. The molecular weight excluding hydrogens is 446 g/mol. The lowest BCUT2D eigenvalue weighted by atomic mass is 9.67. The molecule has 35 heavy (non-hydrogen) atoms. The number of esters is 1. The van der Waals surface area contributed by atoms with Crippen molar-refractivity contribution >= 4 is 29.2 Å². The Hall–Kier alpha value is -3.99. The van der Waals surface area contributed by atoms with Gasteiger partial charge in [0.25, 0.3) is 5.69 Å². The van der Waals surface area contributed by atoms with Crippen molar-refractivity contribution in [1.82, 2.24) is 0 Å². The van der Waals surface area contributed by atoms with Crippen molar-refractivity contribution in [3.63, 3.8) is 0 Å². The number of hydrogen-bond acceptors (Lipinski definition) is 7. The summed E-state index contributed by atoms with van der Waals surface area (Å²) in [6.45, 7) is 7.15. The van der Waals surface area contributed by atoms with Gasteiger partial charge in [-0.2, -0.15) is 5.26 Å². The van der Waals surface area contributed by atoms with E-state index in [2.05, 4.69) is 6.07 Å². The second-order valence-electron chi connectivity index (χ2n) is 9.86. The minimum atomic E-state index is -1.75. The van der Waals surface area contributed by atoms with Gasteiger partial charge >= 0.3 is 5.97 Å². The van der Waals surface area contributed by atoms with Crippen LogP contribution in [0.4, 0.5) is 11.4 Å². The Labute approximate surface area is 204 Å². The van der Waals surface area contributed by atoms with Gasteiger partial charge in [0.15, 0.2) is 11.2 Å². The number of rotatable bonds is 5. The number of ether oxygens (including phenoxy) is 1. The second kappa shape index (κ2) is 8.66. The molecule has 0 spiro atoms. The summed E-state index contributed by atoms with van der Waals surface area (Å²) in [5.74, 6) is -1.77. The number of para-hydroxylation sites is 1. The number of benzene rings is 2. The monoisotopic (exact) mass is 473 g/mol. The number of nitriles is 1. The Morgan fingerprint density at radius 3 is 2.40 bits per heavy atom. The van der Waals surface area contributed by atoms with Gasteiger partial charge in [0.05, 0.1) is 29.7 Å². The van der Waals surface area contributed by atoms with Crippen LogP contribution < -0.4 is 4.90 Å². The average Bonchev–Trinajstić information content (AvgIpc) is 3.14. The van der Waals surface area contributed by atoms with Crippen LogP contribution in [0.5, 0.6) is 0 Å². The lowest BCUT2D eigenvalue weighted by Gasteiger charge is -2.37. The van der Waals surface area contributed by atoms with Gasteiger partial charge in [-0.05, 0) is 24.1 Å². The van der Waals surface area contributed by atoms with Crippen molar-refractivity contribution in [1.29, 1.82) is 5.26 Å². The first kappa shape index (κ1) is 24.1. The van der Waals surface area contributed by atoms with E-state index in [0.717, 1.165) is 11.3 Å². The van der Waals surface area contributed by atoms with Gasteiger partial charge in [0.1, 0.15) is 0 Å². The van der Waals surface area contributed by atoms with Crippen LogP contribution in [0.2, 0.25) is 0 Å². The summed E-state index contributed by atoms with van der Waals surface area (Å²) < 4.78 is 5.44. The molecule has 2 aromatic rings. The number of nitrogens with zero attached hydrogens (tertiary/aromatic N) is 3. The molecule has 0 N–H and O–H groups in total. The van der Waals surface area contributed by atoms with E-state index < -0.39 is 39.7 Å². The Balaban J connectivity index is 2.04. The minimum Gasteiger partial charge on any atom is -0.465 e. The van der Waals surface area contributed by atoms with Crippen LogP contribution in [0.25, 0.3) is 6.08 Å². The number of fused-ring (bicyclic) bond motifs is 3. The Morgan fingerprint density at radius 2 is 1.83 bits per heavy atom. The third-order valence-corrected chi connectivity index (χ3v) is 6.81. The average molecular weight is 474 g/mol. The van der Waals surface area contributed by atoms with Crippen molar-refractivity contribution in [2.24, 2.45) is 10.8 Å². The molecule has 2 aliphatic rings. The summed E-state index contributed by atoms with van der Waals surface area (Å²) in [7, 11) is 0. The molecule has 0 radical (unpaired) electrons. The van der Waals surface area contributed by atoms with Gasteiger partial charge < -0.3 is 9.64 Å². The highest BCUT2D eigenvalue weighted by Crippen LogP contribution is 2.57. The zero-order valence-electron chi connectivity index (χ0n) is 20.1. The molecule has 1 fully saturated rings. The summed E-state index contributed by atoms with van der Waals surface area (Å²) in [5.41, 5.74) is -0.543. The number of hydrogen-bond donors (Lipinski definition) is 0. The number of non-ortho nitro benzene ring substituents is 1. The zero-order chi connectivity index (χ0) is 25.5. The molecule has 180 valence electrons. The lowest BCUT2D eigenvalue weighted by molar-refractivity contribution is -0.384. The molecule has 0 bridgehead atoms. The maximum absolute atomic E-state index is 14.0. The van der Waals surface area contributed by atoms with Crippen molar-refractivity contribution in [2.75, 3.05) is 11.5 Å². The minimum absolute atomic E-state index is 0.0696. The number of anilines is 1. The fourth-order valence-electron chi connectivity index (χ4n) is 5.24. The van der Waals surface area contributed by atoms with E-state index >= 15 is 0 Å². The predicted molar refractivity (Wildman–Crippen MR) is 131 cm³/mol. The summed E-state index contributed by atoms with van der Waals surface area (Å²) in [5, 5.41) is 21.9. The molecule has 8 heteroatoms. The van der Waals surface area contributed by atoms with E-state index in [9.17, 15) is 25.0 Å². The van der Waals surface area contributed by atoms with Gasteiger partial charge in [-0.25, -0.2) is 0 Å². The quantitative estimate of drug-likeness (QED) is 0.353. The van der Waals surface area contributed by atoms with Crippen LogP contribution in [0.1, 0.15) is 44.7 Å². The summed E-state index contributed by atoms with van der Waals surface area (Å²) in [6, 6.07) is 13.9. The maximum Gasteiger partial charge on any atom is 0.329 e. The highest BCUT2D eigenvalue weighted by atomic mass is 16.6. The summed E-state index contributed by atoms with van der Waals surface area (Å²) >= 11 is 0. The second-order valence-corrected chi connectivity index (χ2v) is 9.86. The number of carbonyl (C=O) groups is 2. The molecule has 2 heterocycles. The first-order valence-corrected chi connectivity index (χ1v) is 11.5. The summed E-state index contributed by atoms with van der Waals surface area (Å²) in [6.07, 6.45) is 3.65. The topological polar surface area (TPSA) is 114 Å². The van der Waals surface area contributed by atoms with Crippen LogP contribution in [-0.4, -0.2) is 35.4 Å². The number of carbonyl (C=O) groups excluding carboxylic acids is 2. The molecule has 2 aliphatic heterocycles. The highest BCUT2D eigenvalue weighted by Gasteiger charge is 2.67. The fourth-order valence-corrected chi connectivity index (χ4v) is 5.24. The van der Waals surface area contributed by atoms with Crippen molar-refractivity contribution in [3.05, 3.63) is 75.8 Å². The Kier molecular flexibility index (Phi) is 5.97. The van der Waals surface area contributed by atoms with E-state index in [-0.39, 0.29) is 18.1 Å². The number of nitro groups is 1. The van der Waals surface area contributed by atoms with Crippen molar-refractivity contribution in [3.8, 4) is 6.07 Å². The molecule has 0 aliphatic carbocycles. The van der Waals surface area contributed by atoms with E-state index in [1.165, 1.54) is 24.3 Å².